The van der Waals surface area contributed by atoms with Crippen LogP contribution in [0.4, 0.5) is 4.79 Å². The SMILES string of the molecule is CC(C)(C)OC(=O)N1CCOCC1C(O)c1sccc1Cl. The highest BCUT2D eigenvalue weighted by Crippen LogP contribution is 2.33. The lowest BCUT2D eigenvalue weighted by Crippen LogP contribution is -2.52. The van der Waals surface area contributed by atoms with Crippen LogP contribution in [0, 0.1) is 0 Å². The fraction of sp³-hybridized carbons (Fsp3) is 0.643. The first-order valence-electron chi connectivity index (χ1n) is 6.78. The van der Waals surface area contributed by atoms with Crippen LogP contribution >= 0.6 is 22.9 Å². The maximum absolute atomic E-state index is 12.3. The van der Waals surface area contributed by atoms with Crippen LogP contribution < -0.4 is 0 Å². The fourth-order valence-corrected chi connectivity index (χ4v) is 3.33. The van der Waals surface area contributed by atoms with Crippen LogP contribution in [-0.2, 0) is 9.47 Å². The maximum Gasteiger partial charge on any atom is 0.410 e. The molecule has 1 fully saturated rings. The standard InChI is InChI=1S/C14H20ClNO4S/c1-14(2,3)20-13(18)16-5-6-19-8-10(16)11(17)12-9(15)4-7-21-12/h4,7,10-11,17H,5-6,8H2,1-3H3. The molecule has 1 aromatic rings. The van der Waals surface area contributed by atoms with E-state index in [9.17, 15) is 9.90 Å². The van der Waals surface area contributed by atoms with Crippen molar-refractivity contribution in [3.05, 3.63) is 21.3 Å². The molecule has 0 radical (unpaired) electrons. The average Bonchev–Trinajstić information content (AvgIpc) is 2.82. The largest absolute Gasteiger partial charge is 0.444 e. The molecule has 2 unspecified atom stereocenters. The van der Waals surface area contributed by atoms with Gasteiger partial charge in [0.1, 0.15) is 11.7 Å². The molecule has 0 spiro atoms. The van der Waals surface area contributed by atoms with Crippen molar-refractivity contribution in [1.29, 1.82) is 0 Å². The molecule has 1 aliphatic heterocycles. The van der Waals surface area contributed by atoms with Gasteiger partial charge in [-0.15, -0.1) is 11.3 Å². The Morgan fingerprint density at radius 1 is 1.62 bits per heavy atom. The third-order valence-corrected chi connectivity index (χ3v) is 4.50. The molecule has 1 aliphatic rings. The first-order valence-corrected chi connectivity index (χ1v) is 8.03. The second-order valence-corrected chi connectivity index (χ2v) is 7.25. The van der Waals surface area contributed by atoms with Crippen molar-refractivity contribution >= 4 is 29.0 Å². The number of thiophene rings is 1. The van der Waals surface area contributed by atoms with Crippen molar-refractivity contribution in [2.75, 3.05) is 19.8 Å². The minimum Gasteiger partial charge on any atom is -0.444 e. The second kappa shape index (κ2) is 6.52. The Morgan fingerprint density at radius 2 is 2.33 bits per heavy atom. The van der Waals surface area contributed by atoms with Gasteiger partial charge in [0.25, 0.3) is 0 Å². The summed E-state index contributed by atoms with van der Waals surface area (Å²) in [5.74, 6) is 0. The molecule has 118 valence electrons. The first kappa shape index (κ1) is 16.5. The van der Waals surface area contributed by atoms with Gasteiger partial charge in [0.2, 0.25) is 0 Å². The van der Waals surface area contributed by atoms with E-state index in [0.29, 0.717) is 23.1 Å². The molecule has 0 bridgehead atoms. The summed E-state index contributed by atoms with van der Waals surface area (Å²) in [5.41, 5.74) is -0.578. The van der Waals surface area contributed by atoms with Crippen molar-refractivity contribution < 1.29 is 19.4 Å². The van der Waals surface area contributed by atoms with E-state index in [1.807, 2.05) is 26.2 Å². The molecule has 5 nitrogen and oxygen atoms in total. The van der Waals surface area contributed by atoms with Crippen LogP contribution in [0.5, 0.6) is 0 Å². The highest BCUT2D eigenvalue weighted by molar-refractivity contribution is 7.10. The fourth-order valence-electron chi connectivity index (χ4n) is 2.12. The number of nitrogens with zero attached hydrogens (tertiary/aromatic N) is 1. The van der Waals surface area contributed by atoms with E-state index in [-0.39, 0.29) is 6.61 Å². The number of ether oxygens (including phenoxy) is 2. The van der Waals surface area contributed by atoms with Crippen molar-refractivity contribution in [3.8, 4) is 0 Å². The van der Waals surface area contributed by atoms with Crippen molar-refractivity contribution in [3.63, 3.8) is 0 Å². The lowest BCUT2D eigenvalue weighted by molar-refractivity contribution is -0.0665. The molecular weight excluding hydrogens is 314 g/mol. The van der Waals surface area contributed by atoms with E-state index in [4.69, 9.17) is 21.1 Å². The summed E-state index contributed by atoms with van der Waals surface area (Å²) >= 11 is 7.42. The number of amides is 1. The van der Waals surface area contributed by atoms with Gasteiger partial charge in [0.15, 0.2) is 0 Å². The molecular formula is C14H20ClNO4S. The van der Waals surface area contributed by atoms with Crippen LogP contribution in [0.15, 0.2) is 11.4 Å². The predicted octanol–water partition coefficient (Wildman–Crippen LogP) is 3.07. The Kier molecular flexibility index (Phi) is 5.14. The van der Waals surface area contributed by atoms with E-state index >= 15 is 0 Å². The minimum absolute atomic E-state index is 0.259. The van der Waals surface area contributed by atoms with Gasteiger partial charge in [0.05, 0.1) is 29.2 Å². The Bertz CT molecular complexity index is 499. The third-order valence-electron chi connectivity index (χ3n) is 3.07. The minimum atomic E-state index is -0.884. The van der Waals surface area contributed by atoms with Crippen LogP contribution in [0.1, 0.15) is 31.8 Å². The summed E-state index contributed by atoms with van der Waals surface area (Å²) in [6.07, 6.45) is -1.33. The first-order chi connectivity index (χ1) is 9.79. The van der Waals surface area contributed by atoms with Crippen molar-refractivity contribution in [2.24, 2.45) is 0 Å². The molecule has 1 saturated heterocycles. The van der Waals surface area contributed by atoms with Gasteiger partial charge < -0.3 is 14.6 Å². The van der Waals surface area contributed by atoms with Crippen LogP contribution in [0.25, 0.3) is 0 Å². The van der Waals surface area contributed by atoms with E-state index in [1.165, 1.54) is 16.2 Å². The zero-order valence-corrected chi connectivity index (χ0v) is 13.9. The van der Waals surface area contributed by atoms with Crippen LogP contribution in [-0.4, -0.2) is 47.5 Å². The molecule has 2 rings (SSSR count). The molecule has 1 N–H and O–H groups in total. The molecule has 1 amide bonds. The normalized spacial score (nSPS) is 21.2. The molecule has 21 heavy (non-hydrogen) atoms. The quantitative estimate of drug-likeness (QED) is 0.903. The summed E-state index contributed by atoms with van der Waals surface area (Å²) in [7, 11) is 0. The maximum atomic E-state index is 12.3. The number of halogens is 1. The van der Waals surface area contributed by atoms with E-state index in [1.54, 1.807) is 6.07 Å². The molecule has 0 aliphatic carbocycles. The number of morpholine rings is 1. The lowest BCUT2D eigenvalue weighted by Gasteiger charge is -2.38. The molecule has 0 saturated carbocycles. The summed E-state index contributed by atoms with van der Waals surface area (Å²) in [4.78, 5) is 14.5. The number of aliphatic hydroxyl groups excluding tert-OH is 1. The molecule has 0 aromatic carbocycles. The molecule has 2 atom stereocenters. The van der Waals surface area contributed by atoms with Gasteiger partial charge in [-0.25, -0.2) is 4.79 Å². The van der Waals surface area contributed by atoms with E-state index in [2.05, 4.69) is 0 Å². The Balaban J connectivity index is 2.15. The Labute approximate surface area is 133 Å². The smallest absolute Gasteiger partial charge is 0.410 e. The van der Waals surface area contributed by atoms with Crippen LogP contribution in [0.2, 0.25) is 5.02 Å². The van der Waals surface area contributed by atoms with Gasteiger partial charge in [-0.1, -0.05) is 11.6 Å². The highest BCUT2D eigenvalue weighted by atomic mass is 35.5. The number of rotatable bonds is 2. The Morgan fingerprint density at radius 3 is 2.90 bits per heavy atom. The van der Waals surface area contributed by atoms with Gasteiger partial charge in [-0.05, 0) is 32.2 Å². The average molecular weight is 334 g/mol. The summed E-state index contributed by atoms with van der Waals surface area (Å²) in [5, 5.41) is 12.8. The van der Waals surface area contributed by atoms with E-state index < -0.39 is 23.8 Å². The molecule has 2 heterocycles. The van der Waals surface area contributed by atoms with Gasteiger partial charge in [-0.3, -0.25) is 4.90 Å². The zero-order chi connectivity index (χ0) is 15.6. The number of aliphatic hydroxyl groups is 1. The molecule has 7 heteroatoms. The lowest BCUT2D eigenvalue weighted by atomic mass is 10.1. The Hall–Kier alpha value is -0.820. The second-order valence-electron chi connectivity index (χ2n) is 5.89. The topological polar surface area (TPSA) is 59.0 Å². The van der Waals surface area contributed by atoms with Gasteiger partial charge in [0, 0.05) is 6.54 Å². The zero-order valence-electron chi connectivity index (χ0n) is 12.3. The summed E-state index contributed by atoms with van der Waals surface area (Å²) < 4.78 is 10.8. The summed E-state index contributed by atoms with van der Waals surface area (Å²) in [6.45, 7) is 6.52. The number of carbonyl (C=O) groups is 1. The predicted molar refractivity (Wildman–Crippen MR) is 81.8 cm³/mol. The summed E-state index contributed by atoms with van der Waals surface area (Å²) in [6, 6.07) is 1.23. The van der Waals surface area contributed by atoms with Gasteiger partial charge in [-0.2, -0.15) is 0 Å². The third kappa shape index (κ3) is 4.10. The van der Waals surface area contributed by atoms with E-state index in [0.717, 1.165) is 0 Å². The van der Waals surface area contributed by atoms with Crippen molar-refractivity contribution in [1.82, 2.24) is 4.90 Å². The highest BCUT2D eigenvalue weighted by Gasteiger charge is 2.37. The molecule has 1 aromatic heterocycles. The van der Waals surface area contributed by atoms with Gasteiger partial charge >= 0.3 is 6.09 Å². The van der Waals surface area contributed by atoms with Crippen LogP contribution in [0.3, 0.4) is 0 Å². The number of hydrogen-bond acceptors (Lipinski definition) is 5. The number of hydrogen-bond donors (Lipinski definition) is 1. The number of carbonyl (C=O) groups excluding carboxylic acids is 1. The monoisotopic (exact) mass is 333 g/mol. The van der Waals surface area contributed by atoms with Crippen molar-refractivity contribution in [2.45, 2.75) is 38.5 Å².